The Labute approximate surface area is 182 Å². The molecule has 0 spiro atoms. The van der Waals surface area contributed by atoms with Gasteiger partial charge in [0, 0.05) is 0 Å². The molecule has 0 atom stereocenters. The molecule has 0 amide bonds. The molecular formula is C23H21Cl2Ti. The van der Waals surface area contributed by atoms with Crippen LogP contribution in [0.2, 0.25) is 0 Å². The fraction of sp³-hybridized carbons (Fsp3) is 0.217. The van der Waals surface area contributed by atoms with Gasteiger partial charge >= 0.3 is 21.7 Å². The maximum Gasteiger partial charge on any atom is 3.00 e. The molecule has 0 bridgehead atoms. The molecule has 3 heteroatoms. The summed E-state index contributed by atoms with van der Waals surface area (Å²) in [5.41, 5.74) is 8.30. The van der Waals surface area contributed by atoms with Crippen LogP contribution in [0.4, 0.5) is 0 Å². The van der Waals surface area contributed by atoms with E-state index in [4.69, 9.17) is 0 Å². The van der Waals surface area contributed by atoms with E-state index in [9.17, 15) is 0 Å². The predicted octanol–water partition coefficient (Wildman–Crippen LogP) is -1.85. The molecule has 0 saturated carbocycles. The minimum Gasteiger partial charge on any atom is -1.00 e. The number of hydrogen-bond donors (Lipinski definition) is 0. The first-order chi connectivity index (χ1) is 11.1. The van der Waals surface area contributed by atoms with Crippen molar-refractivity contribution in [2.24, 2.45) is 0 Å². The second-order valence-electron chi connectivity index (χ2n) is 6.74. The molecule has 1 radical (unpaired) electrons. The molecule has 131 valence electrons. The largest absolute Gasteiger partial charge is 3.00 e. The van der Waals surface area contributed by atoms with Gasteiger partial charge in [0.25, 0.3) is 0 Å². The first-order valence-corrected chi connectivity index (χ1v) is 8.29. The van der Waals surface area contributed by atoms with Gasteiger partial charge < -0.3 is 24.8 Å². The average Bonchev–Trinajstić information content (AvgIpc) is 3.17. The van der Waals surface area contributed by atoms with Crippen molar-refractivity contribution in [3.05, 3.63) is 85.6 Å². The van der Waals surface area contributed by atoms with Crippen LogP contribution in [-0.2, 0) is 21.7 Å². The molecule has 2 aliphatic rings. The number of halogens is 2. The van der Waals surface area contributed by atoms with Gasteiger partial charge in [0.15, 0.2) is 0 Å². The van der Waals surface area contributed by atoms with Crippen molar-refractivity contribution in [1.29, 1.82) is 0 Å². The molecule has 0 heterocycles. The van der Waals surface area contributed by atoms with Crippen molar-refractivity contribution in [3.63, 3.8) is 0 Å². The Hall–Kier alpha value is -1.05. The van der Waals surface area contributed by atoms with E-state index in [2.05, 4.69) is 76.3 Å². The van der Waals surface area contributed by atoms with Crippen LogP contribution < -0.4 is 35.3 Å². The summed E-state index contributed by atoms with van der Waals surface area (Å²) >= 11 is 0. The Bertz CT molecular complexity index is 1120. The van der Waals surface area contributed by atoms with Gasteiger partial charge in [-0.3, -0.25) is 0 Å². The van der Waals surface area contributed by atoms with E-state index in [0.29, 0.717) is 0 Å². The van der Waals surface area contributed by atoms with E-state index in [1.165, 1.54) is 54.3 Å². The Morgan fingerprint density at radius 1 is 1.00 bits per heavy atom. The van der Waals surface area contributed by atoms with Gasteiger partial charge in [-0.15, -0.1) is 38.9 Å². The van der Waals surface area contributed by atoms with Gasteiger partial charge in [0.2, 0.25) is 0 Å². The minimum atomic E-state index is 0. The van der Waals surface area contributed by atoms with Crippen LogP contribution in [0.1, 0.15) is 42.5 Å². The van der Waals surface area contributed by atoms with Crippen molar-refractivity contribution >= 4 is 17.2 Å². The van der Waals surface area contributed by atoms with E-state index in [1.54, 1.807) is 0 Å². The summed E-state index contributed by atoms with van der Waals surface area (Å²) in [6.07, 6.45) is 11.4. The van der Waals surface area contributed by atoms with Crippen LogP contribution in [-0.4, -0.2) is 0 Å². The molecule has 0 fully saturated rings. The third kappa shape index (κ3) is 3.41. The molecule has 0 N–H and O–H groups in total. The summed E-state index contributed by atoms with van der Waals surface area (Å²) in [6.45, 7) is 8.98. The molecule has 2 aromatic rings. The van der Waals surface area contributed by atoms with Crippen LogP contribution in [0.25, 0.3) is 17.2 Å². The molecule has 26 heavy (non-hydrogen) atoms. The van der Waals surface area contributed by atoms with Crippen LogP contribution in [0.5, 0.6) is 0 Å². The summed E-state index contributed by atoms with van der Waals surface area (Å²) < 4.78 is 0. The van der Waals surface area contributed by atoms with Gasteiger partial charge in [-0.2, -0.15) is 0 Å². The van der Waals surface area contributed by atoms with Crippen molar-refractivity contribution in [1.82, 2.24) is 0 Å². The molecule has 0 aromatic heterocycles. The summed E-state index contributed by atoms with van der Waals surface area (Å²) in [6, 6.07) is 8.65. The summed E-state index contributed by atoms with van der Waals surface area (Å²) in [7, 11) is 0. The van der Waals surface area contributed by atoms with Crippen molar-refractivity contribution in [2.75, 3.05) is 0 Å². The third-order valence-corrected chi connectivity index (χ3v) is 5.11. The van der Waals surface area contributed by atoms with Crippen LogP contribution in [0.3, 0.4) is 0 Å². The third-order valence-electron chi connectivity index (χ3n) is 5.11. The Morgan fingerprint density at radius 3 is 2.31 bits per heavy atom. The van der Waals surface area contributed by atoms with Crippen LogP contribution >= 0.6 is 0 Å². The average molecular weight is 416 g/mol. The molecule has 0 saturated heterocycles. The maximum atomic E-state index is 3.65. The second-order valence-corrected chi connectivity index (χ2v) is 6.74. The summed E-state index contributed by atoms with van der Waals surface area (Å²) in [5.74, 6) is 0. The number of allylic oxidation sites excluding steroid dienone is 4. The van der Waals surface area contributed by atoms with E-state index in [1.807, 2.05) is 0 Å². The van der Waals surface area contributed by atoms with E-state index < -0.39 is 0 Å². The van der Waals surface area contributed by atoms with Gasteiger partial charge in [-0.1, -0.05) is 59.7 Å². The number of hydrogen-bond acceptors (Lipinski definition) is 0. The zero-order valence-electron chi connectivity index (χ0n) is 15.5. The van der Waals surface area contributed by atoms with Crippen molar-refractivity contribution < 1.29 is 46.5 Å². The van der Waals surface area contributed by atoms with E-state index in [-0.39, 0.29) is 46.5 Å². The Morgan fingerprint density at radius 2 is 1.69 bits per heavy atom. The summed E-state index contributed by atoms with van der Waals surface area (Å²) in [4.78, 5) is 0. The minimum absolute atomic E-state index is 0. The molecule has 4 rings (SSSR count). The number of rotatable bonds is 1. The molecule has 2 aliphatic carbocycles. The topological polar surface area (TPSA) is 0 Å². The fourth-order valence-electron chi connectivity index (χ4n) is 3.90. The molecule has 0 aliphatic heterocycles. The number of benzene rings is 2. The standard InChI is InChI=1S/C23H21.2ClH.Ti/c1-14(2)21-22(17-9-5-6-10-17)16(4)15(3)20-13-18-11-7-8-12-19(18)23(20)21;;;/h5-9,11-12H,10H2,1-4H3;2*1H;/q-1;;;+3/p-2. The second kappa shape index (κ2) is 8.76. The zero-order chi connectivity index (χ0) is 16.1. The normalized spacial score (nSPS) is 12.7. The van der Waals surface area contributed by atoms with Crippen molar-refractivity contribution in [3.8, 4) is 0 Å². The van der Waals surface area contributed by atoms with Gasteiger partial charge in [-0.25, -0.2) is 0 Å². The first-order valence-electron chi connectivity index (χ1n) is 8.29. The van der Waals surface area contributed by atoms with E-state index >= 15 is 0 Å². The predicted molar refractivity (Wildman–Crippen MR) is 98.3 cm³/mol. The molecule has 0 unspecified atom stereocenters. The van der Waals surface area contributed by atoms with Gasteiger partial charge in [0.05, 0.1) is 0 Å². The maximum absolute atomic E-state index is 3.65. The monoisotopic (exact) mass is 415 g/mol. The van der Waals surface area contributed by atoms with E-state index in [0.717, 1.165) is 6.42 Å². The van der Waals surface area contributed by atoms with Crippen LogP contribution in [0, 0.1) is 24.3 Å². The quantitative estimate of drug-likeness (QED) is 0.323. The number of fused-ring (bicyclic) bond motifs is 2. The fourth-order valence-corrected chi connectivity index (χ4v) is 3.90. The zero-order valence-corrected chi connectivity index (χ0v) is 18.6. The van der Waals surface area contributed by atoms with Crippen LogP contribution in [0.15, 0.2) is 42.5 Å². The molecule has 0 nitrogen and oxygen atoms in total. The SMILES string of the molecule is CC(C)=c1c(C2=CC=CC2)c(C)c(C)c2c1=c1ccccc1=[C-]2.[Cl-].[Cl-].[Ti+3]. The summed E-state index contributed by atoms with van der Waals surface area (Å²) in [5, 5.41) is 5.35. The first kappa shape index (κ1) is 23.0. The molecule has 2 aromatic carbocycles. The smallest absolute Gasteiger partial charge is 1.00 e. The van der Waals surface area contributed by atoms with Crippen molar-refractivity contribution in [2.45, 2.75) is 34.1 Å². The van der Waals surface area contributed by atoms with Gasteiger partial charge in [0.1, 0.15) is 0 Å². The molecular weight excluding hydrogens is 395 g/mol. The van der Waals surface area contributed by atoms with Gasteiger partial charge in [-0.05, 0) is 38.3 Å². The Balaban J connectivity index is 0.00000113. The Kier molecular flexibility index (Phi) is 7.75.